The summed E-state index contributed by atoms with van der Waals surface area (Å²) in [6.07, 6.45) is 6.31. The summed E-state index contributed by atoms with van der Waals surface area (Å²) in [6.45, 7) is 6.21. The molecule has 182 valence electrons. The Kier molecular flexibility index (Phi) is 6.48. The Bertz CT molecular complexity index is 1550. The quantitative estimate of drug-likeness (QED) is 0.271. The minimum atomic E-state index is -0.0790. The van der Waals surface area contributed by atoms with Gasteiger partial charge in [-0.05, 0) is 73.5 Å². The first-order valence-electron chi connectivity index (χ1n) is 11.8. The van der Waals surface area contributed by atoms with Gasteiger partial charge in [-0.15, -0.1) is 7.75 Å². The van der Waals surface area contributed by atoms with Gasteiger partial charge in [0.25, 0.3) is 0 Å². The fourth-order valence-corrected chi connectivity index (χ4v) is 5.50. The lowest BCUT2D eigenvalue weighted by molar-refractivity contribution is -0.518. The Morgan fingerprint density at radius 3 is 2.61 bits per heavy atom. The average Bonchev–Trinajstić information content (AvgIpc) is 3.46. The molecule has 3 heterocycles. The molecule has 0 spiro atoms. The van der Waals surface area contributed by atoms with Crippen LogP contribution in [0, 0.1) is 6.92 Å². The second-order valence-corrected chi connectivity index (χ2v) is 9.43. The number of fused-ring (bicyclic) bond motifs is 2. The number of rotatable bonds is 7. The van der Waals surface area contributed by atoms with Crippen molar-refractivity contribution in [1.29, 1.82) is 0 Å². The number of carbonyl (C=O) groups excluding carboxylic acids is 1. The number of anilines is 1. The number of ether oxygens (including phenoxy) is 2. The molecule has 2 aliphatic heterocycles. The van der Waals surface area contributed by atoms with Crippen LogP contribution < -0.4 is 18.7 Å². The zero-order valence-electron chi connectivity index (χ0n) is 20.7. The third-order valence-electron chi connectivity index (χ3n) is 5.98. The van der Waals surface area contributed by atoms with Crippen LogP contribution in [0.4, 0.5) is 5.69 Å². The van der Waals surface area contributed by atoms with Crippen LogP contribution in [0.25, 0.3) is 34.5 Å². The van der Waals surface area contributed by atoms with Crippen molar-refractivity contribution < 1.29 is 18.2 Å². The zero-order chi connectivity index (χ0) is 25.2. The highest BCUT2D eigenvalue weighted by molar-refractivity contribution is 6.96. The molecule has 7 heteroatoms. The maximum atomic E-state index is 11.4. The summed E-state index contributed by atoms with van der Waals surface area (Å²) in [5, 5.41) is 2.85. The van der Waals surface area contributed by atoms with E-state index in [1.165, 1.54) is 18.0 Å². The van der Waals surface area contributed by atoms with Gasteiger partial charge in [0.15, 0.2) is 22.7 Å². The number of carbonyl (C=O) groups is 1. The van der Waals surface area contributed by atoms with Gasteiger partial charge in [0, 0.05) is 18.2 Å². The van der Waals surface area contributed by atoms with Crippen molar-refractivity contribution in [2.24, 2.45) is 0 Å². The number of methoxy groups -OCH3 is 1. The van der Waals surface area contributed by atoms with Crippen LogP contribution in [-0.4, -0.2) is 23.4 Å². The molecule has 3 aromatic rings. The molecule has 1 N–H and O–H groups in total. The van der Waals surface area contributed by atoms with Crippen molar-refractivity contribution >= 4 is 41.0 Å². The lowest BCUT2D eigenvalue weighted by atomic mass is 10.0. The molecule has 36 heavy (non-hydrogen) atoms. The summed E-state index contributed by atoms with van der Waals surface area (Å²) < 4.78 is 15.6. The van der Waals surface area contributed by atoms with Gasteiger partial charge in [-0.25, -0.2) is 0 Å². The summed E-state index contributed by atoms with van der Waals surface area (Å²) >= 11 is 1.66. The van der Waals surface area contributed by atoms with Crippen molar-refractivity contribution in [1.82, 2.24) is 3.79 Å². The molecule has 5 rings (SSSR count). The third-order valence-corrected chi connectivity index (χ3v) is 7.03. The van der Waals surface area contributed by atoms with E-state index in [1.54, 1.807) is 18.8 Å². The van der Waals surface area contributed by atoms with Gasteiger partial charge < -0.3 is 14.8 Å². The highest BCUT2D eigenvalue weighted by atomic mass is 32.1. The van der Waals surface area contributed by atoms with Crippen LogP contribution in [0.1, 0.15) is 30.7 Å². The van der Waals surface area contributed by atoms with Crippen LogP contribution in [0.3, 0.4) is 0 Å². The zero-order valence-corrected chi connectivity index (χ0v) is 21.6. The van der Waals surface area contributed by atoms with E-state index in [2.05, 4.69) is 68.7 Å². The molecule has 0 fully saturated rings. The van der Waals surface area contributed by atoms with Crippen molar-refractivity contribution in [2.45, 2.75) is 20.8 Å². The van der Waals surface area contributed by atoms with E-state index >= 15 is 0 Å². The fourth-order valence-electron chi connectivity index (χ4n) is 4.44. The first kappa shape index (κ1) is 23.6. The summed E-state index contributed by atoms with van der Waals surface area (Å²) in [5.41, 5.74) is 8.68. The molecule has 2 aliphatic rings. The lowest BCUT2D eigenvalue weighted by Gasteiger charge is -2.09. The second kappa shape index (κ2) is 9.87. The second-order valence-electron chi connectivity index (χ2n) is 8.51. The van der Waals surface area contributed by atoms with E-state index in [0.29, 0.717) is 6.61 Å². The summed E-state index contributed by atoms with van der Waals surface area (Å²) in [5.74, 6) is 1.38. The molecule has 2 aromatic carbocycles. The largest absolute Gasteiger partial charge is 0.493 e. The molecule has 0 atom stereocenters. The van der Waals surface area contributed by atoms with E-state index in [-0.39, 0.29) is 5.91 Å². The maximum absolute atomic E-state index is 11.4. The van der Waals surface area contributed by atoms with Crippen molar-refractivity contribution in [3.8, 4) is 28.3 Å². The molecule has 1 amide bonds. The van der Waals surface area contributed by atoms with E-state index in [0.717, 1.165) is 45.3 Å². The number of hydrogen-bond donors (Lipinski definition) is 1. The smallest absolute Gasteiger partial charge is 0.241 e. The number of nitrogens with zero attached hydrogens (tertiary/aromatic N) is 2. The fraction of sp³-hybridized carbons (Fsp3) is 0.172. The summed E-state index contributed by atoms with van der Waals surface area (Å²) in [7, 11) is 1.65. The molecular formula is C29H28N3O3S+. The first-order chi connectivity index (χ1) is 17.5. The molecule has 0 radical (unpaired) electrons. The molecule has 6 nitrogen and oxygen atoms in total. The summed E-state index contributed by atoms with van der Waals surface area (Å²) in [4.78, 5) is 11.4. The van der Waals surface area contributed by atoms with E-state index < -0.39 is 0 Å². The summed E-state index contributed by atoms with van der Waals surface area (Å²) in [6, 6.07) is 20.4. The Balaban J connectivity index is 1.60. The van der Waals surface area contributed by atoms with E-state index in [4.69, 9.17) is 9.47 Å². The Hall–Kier alpha value is -4.10. The minimum Gasteiger partial charge on any atom is -0.493 e. The van der Waals surface area contributed by atoms with Crippen molar-refractivity contribution in [2.75, 3.05) is 19.0 Å². The van der Waals surface area contributed by atoms with Crippen LogP contribution >= 0.6 is 11.7 Å². The van der Waals surface area contributed by atoms with Gasteiger partial charge >= 0.3 is 0 Å². The predicted octanol–water partition coefficient (Wildman–Crippen LogP) is 6.23. The van der Waals surface area contributed by atoms with Gasteiger partial charge in [-0.3, -0.25) is 4.79 Å². The molecule has 0 saturated heterocycles. The van der Waals surface area contributed by atoms with Gasteiger partial charge in [0.05, 0.1) is 19.3 Å². The molecule has 0 saturated carbocycles. The molecule has 1 aromatic heterocycles. The standard InChI is InChI=1S/C29H27N3O3S/c1-5-35-27-18-21(9-15-26(27)34-4)8-14-24-17-19(2)29-28(25-7-6-16-31(25)36-32(24)29)22-10-12-23(13-11-22)30-20(3)33/h6-18H,5H2,1-4H3/p+1. The van der Waals surface area contributed by atoms with Crippen LogP contribution in [0.2, 0.25) is 0 Å². The van der Waals surface area contributed by atoms with Crippen molar-refractivity contribution in [3.05, 3.63) is 83.7 Å². The number of amides is 1. The third kappa shape index (κ3) is 4.45. The normalized spacial score (nSPS) is 11.4. The number of benzene rings is 2. The predicted molar refractivity (Wildman–Crippen MR) is 146 cm³/mol. The average molecular weight is 499 g/mol. The highest BCUT2D eigenvalue weighted by Crippen LogP contribution is 2.35. The van der Waals surface area contributed by atoms with Gasteiger partial charge in [-0.2, -0.15) is 0 Å². The van der Waals surface area contributed by atoms with E-state index in [9.17, 15) is 4.79 Å². The Labute approximate surface area is 214 Å². The lowest BCUT2D eigenvalue weighted by Crippen LogP contribution is -2.26. The van der Waals surface area contributed by atoms with Crippen LogP contribution in [0.5, 0.6) is 11.5 Å². The number of aryl methyl sites for hydroxylation is 1. The van der Waals surface area contributed by atoms with Crippen LogP contribution in [0.15, 0.2) is 66.9 Å². The SMILES string of the molecule is CCOc1cc(C=Cc2cc(C)c3c(-c4ccc(NC(C)=O)cc4)c4ccc[n+]-4sn23)ccc1OC. The number of hydrogen-bond acceptors (Lipinski definition) is 4. The van der Waals surface area contributed by atoms with Gasteiger partial charge in [-0.1, -0.05) is 24.3 Å². The first-order valence-corrected chi connectivity index (χ1v) is 12.5. The molecule has 0 bridgehead atoms. The Morgan fingerprint density at radius 1 is 1.08 bits per heavy atom. The maximum Gasteiger partial charge on any atom is 0.241 e. The van der Waals surface area contributed by atoms with E-state index in [1.807, 2.05) is 37.3 Å². The highest BCUT2D eigenvalue weighted by Gasteiger charge is 2.25. The van der Waals surface area contributed by atoms with Crippen molar-refractivity contribution in [3.63, 3.8) is 0 Å². The molecule has 0 aliphatic carbocycles. The van der Waals surface area contributed by atoms with Gasteiger partial charge in [0.1, 0.15) is 11.9 Å². The topological polar surface area (TPSA) is 55.9 Å². The Morgan fingerprint density at radius 2 is 1.89 bits per heavy atom. The number of aromatic nitrogens is 2. The monoisotopic (exact) mass is 498 g/mol. The molecule has 0 unspecified atom stereocenters. The molecular weight excluding hydrogens is 470 g/mol. The van der Waals surface area contributed by atoms with Crippen LogP contribution in [-0.2, 0) is 4.79 Å². The van der Waals surface area contributed by atoms with Gasteiger partial charge in [0.2, 0.25) is 17.6 Å². The number of nitrogens with one attached hydrogen (secondary N) is 1. The minimum absolute atomic E-state index is 0.0790.